The molecule has 3 N–H and O–H groups in total. The number of aromatic nitrogens is 3. The highest BCUT2D eigenvalue weighted by atomic mass is 16.1. The van der Waals surface area contributed by atoms with Crippen molar-refractivity contribution < 1.29 is 4.79 Å². The van der Waals surface area contributed by atoms with Gasteiger partial charge in [-0.15, -0.1) is 10.2 Å². The van der Waals surface area contributed by atoms with Crippen LogP contribution < -0.4 is 16.0 Å². The van der Waals surface area contributed by atoms with Gasteiger partial charge in [-0.25, -0.2) is 4.98 Å². The Hall–Kier alpha value is -3.99. The van der Waals surface area contributed by atoms with Crippen molar-refractivity contribution in [1.29, 1.82) is 5.26 Å². The van der Waals surface area contributed by atoms with Gasteiger partial charge in [-0.3, -0.25) is 4.79 Å². The highest BCUT2D eigenvalue weighted by molar-refractivity contribution is 5.94. The van der Waals surface area contributed by atoms with Crippen LogP contribution in [0, 0.1) is 18.3 Å². The third kappa shape index (κ3) is 5.25. The van der Waals surface area contributed by atoms with E-state index in [4.69, 9.17) is 5.26 Å². The lowest BCUT2D eigenvalue weighted by Gasteiger charge is -2.08. The number of nitriles is 1. The van der Waals surface area contributed by atoms with Gasteiger partial charge in [0.2, 0.25) is 0 Å². The molecule has 0 fully saturated rings. The first-order valence-corrected chi connectivity index (χ1v) is 8.70. The smallest absolute Gasteiger partial charge is 0.251 e. The van der Waals surface area contributed by atoms with Crippen LogP contribution in [0.2, 0.25) is 0 Å². The van der Waals surface area contributed by atoms with Crippen molar-refractivity contribution in [2.24, 2.45) is 0 Å². The summed E-state index contributed by atoms with van der Waals surface area (Å²) in [7, 11) is 0. The molecule has 0 bridgehead atoms. The zero-order valence-corrected chi connectivity index (χ0v) is 15.3. The molecule has 0 saturated heterocycles. The number of rotatable bonds is 7. The lowest BCUT2D eigenvalue weighted by atomic mass is 10.1. The van der Waals surface area contributed by atoms with Crippen molar-refractivity contribution in [3.8, 4) is 6.07 Å². The number of nitrogens with zero attached hydrogens (tertiary/aromatic N) is 4. The highest BCUT2D eigenvalue weighted by Crippen LogP contribution is 2.13. The SMILES string of the molecule is Cc1ccnc(Nc2ccc(NCCNC(=O)c3cccc(C#N)c3)nn2)c1. The van der Waals surface area contributed by atoms with E-state index in [0.717, 1.165) is 5.56 Å². The van der Waals surface area contributed by atoms with Crippen molar-refractivity contribution in [2.45, 2.75) is 6.92 Å². The molecule has 8 heteroatoms. The fourth-order valence-electron chi connectivity index (χ4n) is 2.43. The first kappa shape index (κ1) is 18.8. The van der Waals surface area contributed by atoms with E-state index in [9.17, 15) is 4.79 Å². The van der Waals surface area contributed by atoms with Gasteiger partial charge >= 0.3 is 0 Å². The average Bonchev–Trinajstić information content (AvgIpc) is 2.72. The van der Waals surface area contributed by atoms with Gasteiger partial charge in [-0.2, -0.15) is 5.26 Å². The Morgan fingerprint density at radius 3 is 2.61 bits per heavy atom. The summed E-state index contributed by atoms with van der Waals surface area (Å²) in [6.45, 7) is 2.89. The van der Waals surface area contributed by atoms with Crippen LogP contribution in [0.15, 0.2) is 54.7 Å². The Kier molecular flexibility index (Phi) is 6.10. The molecule has 3 aromatic rings. The third-order valence-corrected chi connectivity index (χ3v) is 3.81. The molecule has 28 heavy (non-hydrogen) atoms. The molecule has 0 unspecified atom stereocenters. The molecule has 1 aromatic carbocycles. The fourth-order valence-corrected chi connectivity index (χ4v) is 2.43. The van der Waals surface area contributed by atoms with Crippen molar-refractivity contribution in [3.63, 3.8) is 0 Å². The number of pyridine rings is 1. The molecule has 0 aliphatic heterocycles. The summed E-state index contributed by atoms with van der Waals surface area (Å²) in [5.41, 5.74) is 2.01. The molecule has 140 valence electrons. The maximum atomic E-state index is 12.1. The average molecular weight is 373 g/mol. The second-order valence-electron chi connectivity index (χ2n) is 6.02. The summed E-state index contributed by atoms with van der Waals surface area (Å²) in [4.78, 5) is 16.3. The number of anilines is 3. The molecular weight excluding hydrogens is 354 g/mol. The van der Waals surface area contributed by atoms with Gasteiger partial charge in [0.1, 0.15) is 11.6 Å². The molecular formula is C20H19N7O. The zero-order valence-electron chi connectivity index (χ0n) is 15.3. The standard InChI is InChI=1S/C20H19N7O/c1-14-7-8-22-19(11-14)25-18-6-5-17(26-27-18)23-9-10-24-20(28)16-4-2-3-15(12-16)13-21/h2-8,11-12H,9-10H2,1H3,(H,23,26)(H,24,28)(H,22,25,27). The summed E-state index contributed by atoms with van der Waals surface area (Å²) < 4.78 is 0. The molecule has 0 radical (unpaired) electrons. The number of hydrogen-bond donors (Lipinski definition) is 3. The van der Waals surface area contributed by atoms with E-state index in [1.165, 1.54) is 0 Å². The van der Waals surface area contributed by atoms with E-state index >= 15 is 0 Å². The van der Waals surface area contributed by atoms with Crippen molar-refractivity contribution in [1.82, 2.24) is 20.5 Å². The molecule has 0 saturated carbocycles. The van der Waals surface area contributed by atoms with Gasteiger partial charge in [0.05, 0.1) is 11.6 Å². The van der Waals surface area contributed by atoms with Crippen molar-refractivity contribution in [3.05, 3.63) is 71.4 Å². The Bertz CT molecular complexity index is 996. The number of carbonyl (C=O) groups excluding carboxylic acids is 1. The maximum absolute atomic E-state index is 12.1. The first-order chi connectivity index (χ1) is 13.6. The zero-order chi connectivity index (χ0) is 19.8. The number of carbonyl (C=O) groups is 1. The Morgan fingerprint density at radius 1 is 1.04 bits per heavy atom. The number of hydrogen-bond acceptors (Lipinski definition) is 7. The van der Waals surface area contributed by atoms with Crippen molar-refractivity contribution in [2.75, 3.05) is 23.7 Å². The maximum Gasteiger partial charge on any atom is 0.251 e. The Morgan fingerprint density at radius 2 is 1.86 bits per heavy atom. The molecule has 2 heterocycles. The van der Waals surface area contributed by atoms with Gasteiger partial charge in [-0.05, 0) is 55.0 Å². The first-order valence-electron chi connectivity index (χ1n) is 8.70. The van der Waals surface area contributed by atoms with E-state index in [1.54, 1.807) is 42.6 Å². The normalized spacial score (nSPS) is 10.0. The topological polar surface area (TPSA) is 116 Å². The van der Waals surface area contributed by atoms with Crippen LogP contribution in [0.4, 0.5) is 17.5 Å². The molecule has 0 spiro atoms. The predicted octanol–water partition coefficient (Wildman–Crippen LogP) is 2.64. The molecule has 8 nitrogen and oxygen atoms in total. The highest BCUT2D eigenvalue weighted by Gasteiger charge is 2.05. The number of aryl methyl sites for hydroxylation is 1. The molecule has 0 aliphatic carbocycles. The second-order valence-corrected chi connectivity index (χ2v) is 6.02. The number of amides is 1. The molecule has 3 rings (SSSR count). The van der Waals surface area contributed by atoms with Gasteiger partial charge in [0.15, 0.2) is 5.82 Å². The summed E-state index contributed by atoms with van der Waals surface area (Å²) in [6, 6.07) is 16.0. The van der Waals surface area contributed by atoms with Gasteiger partial charge in [-0.1, -0.05) is 6.07 Å². The van der Waals surface area contributed by atoms with Crippen LogP contribution in [0.5, 0.6) is 0 Å². The van der Waals surface area contributed by atoms with Crippen LogP contribution in [0.3, 0.4) is 0 Å². The number of nitrogens with one attached hydrogen (secondary N) is 3. The van der Waals surface area contributed by atoms with Crippen LogP contribution in [0.1, 0.15) is 21.5 Å². The van der Waals surface area contributed by atoms with Crippen molar-refractivity contribution >= 4 is 23.4 Å². The van der Waals surface area contributed by atoms with E-state index in [0.29, 0.717) is 41.7 Å². The van der Waals surface area contributed by atoms with Gasteiger partial charge < -0.3 is 16.0 Å². The fraction of sp³-hybridized carbons (Fsp3) is 0.150. The van der Waals surface area contributed by atoms with Gasteiger partial charge in [0.25, 0.3) is 5.91 Å². The Balaban J connectivity index is 1.45. The summed E-state index contributed by atoms with van der Waals surface area (Å²) in [5.74, 6) is 1.67. The van der Waals surface area contributed by atoms with E-state index in [2.05, 4.69) is 31.1 Å². The van der Waals surface area contributed by atoms with Crippen LogP contribution >= 0.6 is 0 Å². The predicted molar refractivity (Wildman–Crippen MR) is 106 cm³/mol. The molecule has 0 aliphatic rings. The minimum atomic E-state index is -0.227. The molecule has 1 amide bonds. The van der Waals surface area contributed by atoms with Gasteiger partial charge in [0, 0.05) is 24.8 Å². The minimum Gasteiger partial charge on any atom is -0.367 e. The molecule has 2 aromatic heterocycles. The lowest BCUT2D eigenvalue weighted by Crippen LogP contribution is -2.28. The molecule has 0 atom stereocenters. The van der Waals surface area contributed by atoms with Crippen LogP contribution in [0.25, 0.3) is 0 Å². The van der Waals surface area contributed by atoms with E-state index < -0.39 is 0 Å². The summed E-state index contributed by atoms with van der Waals surface area (Å²) in [6.07, 6.45) is 1.73. The van der Waals surface area contributed by atoms with Crippen LogP contribution in [-0.2, 0) is 0 Å². The minimum absolute atomic E-state index is 0.227. The van der Waals surface area contributed by atoms with Crippen LogP contribution in [-0.4, -0.2) is 34.2 Å². The van der Waals surface area contributed by atoms with E-state index in [-0.39, 0.29) is 5.91 Å². The summed E-state index contributed by atoms with van der Waals surface area (Å²) >= 11 is 0. The second kappa shape index (κ2) is 9.09. The Labute approximate surface area is 162 Å². The lowest BCUT2D eigenvalue weighted by molar-refractivity contribution is 0.0955. The largest absolute Gasteiger partial charge is 0.367 e. The summed E-state index contributed by atoms with van der Waals surface area (Å²) in [5, 5.41) is 26.1. The third-order valence-electron chi connectivity index (χ3n) is 3.81. The van der Waals surface area contributed by atoms with E-state index in [1.807, 2.05) is 25.1 Å². The quantitative estimate of drug-likeness (QED) is 0.545. The monoisotopic (exact) mass is 373 g/mol. The number of benzene rings is 1.